The van der Waals surface area contributed by atoms with Gasteiger partial charge < -0.3 is 9.47 Å². The molecule has 6 nitrogen and oxygen atoms in total. The van der Waals surface area contributed by atoms with Gasteiger partial charge in [-0.3, -0.25) is 4.98 Å². The predicted octanol–water partition coefficient (Wildman–Crippen LogP) is 3.18. The Balaban J connectivity index is 2.20. The van der Waals surface area contributed by atoms with Crippen LogP contribution in [-0.2, 0) is 16.2 Å². The fourth-order valence-corrected chi connectivity index (χ4v) is 2.78. The third-order valence-corrected chi connectivity index (χ3v) is 5.14. The molecule has 2 rings (SSSR count). The highest BCUT2D eigenvalue weighted by Gasteiger charge is 2.19. The van der Waals surface area contributed by atoms with Crippen molar-refractivity contribution in [1.82, 2.24) is 14.8 Å². The Morgan fingerprint density at radius 2 is 2.12 bits per heavy atom. The Hall–Kier alpha value is -2.06. The number of hydrogen-bond donors (Lipinski definition) is 0. The smallest absolute Gasteiger partial charge is 0.356 e. The predicted molar refractivity (Wildman–Crippen MR) is 90.9 cm³/mol. The van der Waals surface area contributed by atoms with Crippen LogP contribution in [0.3, 0.4) is 0 Å². The van der Waals surface area contributed by atoms with Crippen LogP contribution in [0.1, 0.15) is 10.5 Å². The number of ether oxygens (including phenoxy) is 2. The Morgan fingerprint density at radius 1 is 1.38 bits per heavy atom. The van der Waals surface area contributed by atoms with Crippen molar-refractivity contribution in [1.29, 1.82) is 0 Å². The summed E-state index contributed by atoms with van der Waals surface area (Å²) < 4.78 is 25.7. The van der Waals surface area contributed by atoms with Gasteiger partial charge >= 0.3 is 5.97 Å². The second-order valence-corrected chi connectivity index (χ2v) is 12.2. The van der Waals surface area contributed by atoms with Gasteiger partial charge in [-0.2, -0.15) is 5.10 Å². The summed E-state index contributed by atoms with van der Waals surface area (Å²) in [5.74, 6) is -1.05. The molecular weight excluding hydrogens is 329 g/mol. The average Bonchev–Trinajstić information content (AvgIpc) is 2.94. The van der Waals surface area contributed by atoms with E-state index in [-0.39, 0.29) is 18.0 Å². The number of halogens is 1. The van der Waals surface area contributed by atoms with Gasteiger partial charge in [-0.25, -0.2) is 13.9 Å². The summed E-state index contributed by atoms with van der Waals surface area (Å²) in [4.78, 5) is 15.6. The monoisotopic (exact) mass is 351 g/mol. The first kappa shape index (κ1) is 18.3. The maximum atomic E-state index is 13.9. The lowest BCUT2D eigenvalue weighted by Gasteiger charge is -2.15. The molecule has 2 heterocycles. The molecule has 0 aliphatic rings. The fraction of sp³-hybridized carbons (Fsp3) is 0.438. The molecule has 8 heteroatoms. The number of hydrogen-bond acceptors (Lipinski definition) is 5. The van der Waals surface area contributed by atoms with Crippen LogP contribution in [-0.4, -0.2) is 42.5 Å². The van der Waals surface area contributed by atoms with Crippen molar-refractivity contribution in [3.63, 3.8) is 0 Å². The van der Waals surface area contributed by atoms with Crippen molar-refractivity contribution in [2.45, 2.75) is 32.4 Å². The lowest BCUT2D eigenvalue weighted by molar-refractivity contribution is 0.0518. The molecule has 130 valence electrons. The number of esters is 1. The SMILES string of the molecule is COC(=O)c1cc(-c2ccncc2F)nn1COCC[Si](C)(C)C. The minimum absolute atomic E-state index is 0.113. The van der Waals surface area contributed by atoms with Crippen molar-refractivity contribution in [3.05, 3.63) is 36.0 Å². The van der Waals surface area contributed by atoms with Crippen molar-refractivity contribution in [2.24, 2.45) is 0 Å². The van der Waals surface area contributed by atoms with E-state index in [1.54, 1.807) is 0 Å². The van der Waals surface area contributed by atoms with Crippen LogP contribution >= 0.6 is 0 Å². The highest BCUT2D eigenvalue weighted by molar-refractivity contribution is 6.76. The Labute approximate surface area is 141 Å². The van der Waals surface area contributed by atoms with Gasteiger partial charge in [-0.1, -0.05) is 19.6 Å². The van der Waals surface area contributed by atoms with E-state index in [1.807, 2.05) is 0 Å². The van der Waals surface area contributed by atoms with Gasteiger partial charge in [0.25, 0.3) is 0 Å². The molecule has 24 heavy (non-hydrogen) atoms. The molecule has 0 saturated carbocycles. The van der Waals surface area contributed by atoms with Gasteiger partial charge in [-0.15, -0.1) is 0 Å². The first-order chi connectivity index (χ1) is 11.3. The third kappa shape index (κ3) is 4.72. The van der Waals surface area contributed by atoms with Crippen LogP contribution in [0.4, 0.5) is 4.39 Å². The van der Waals surface area contributed by atoms with Crippen LogP contribution in [0.25, 0.3) is 11.3 Å². The van der Waals surface area contributed by atoms with Gasteiger partial charge in [0.05, 0.1) is 19.0 Å². The largest absolute Gasteiger partial charge is 0.464 e. The second-order valence-electron chi connectivity index (χ2n) is 6.61. The summed E-state index contributed by atoms with van der Waals surface area (Å²) in [6, 6.07) is 4.01. The Bertz CT molecular complexity index is 713. The zero-order valence-electron chi connectivity index (χ0n) is 14.4. The summed E-state index contributed by atoms with van der Waals surface area (Å²) in [5, 5.41) is 4.28. The quantitative estimate of drug-likeness (QED) is 0.435. The highest BCUT2D eigenvalue weighted by Crippen LogP contribution is 2.22. The molecule has 2 aromatic heterocycles. The molecule has 0 amide bonds. The first-order valence-electron chi connectivity index (χ1n) is 7.65. The van der Waals surface area contributed by atoms with E-state index in [9.17, 15) is 9.18 Å². The number of rotatable bonds is 7. The maximum absolute atomic E-state index is 13.9. The molecule has 0 radical (unpaired) electrons. The van der Waals surface area contributed by atoms with Crippen LogP contribution in [0, 0.1) is 5.82 Å². The van der Waals surface area contributed by atoms with E-state index in [0.717, 1.165) is 12.2 Å². The van der Waals surface area contributed by atoms with Crippen LogP contribution in [0.15, 0.2) is 24.5 Å². The second kappa shape index (κ2) is 7.67. The van der Waals surface area contributed by atoms with E-state index in [4.69, 9.17) is 9.47 Å². The molecule has 0 fully saturated rings. The van der Waals surface area contributed by atoms with Gasteiger partial charge in [0, 0.05) is 26.4 Å². The molecule has 0 atom stereocenters. The molecule has 0 aliphatic carbocycles. The van der Waals surface area contributed by atoms with Gasteiger partial charge in [0.2, 0.25) is 0 Å². The van der Waals surface area contributed by atoms with Crippen LogP contribution < -0.4 is 0 Å². The lowest BCUT2D eigenvalue weighted by atomic mass is 10.2. The Morgan fingerprint density at radius 3 is 2.75 bits per heavy atom. The lowest BCUT2D eigenvalue weighted by Crippen LogP contribution is -2.22. The molecule has 0 aromatic carbocycles. The molecule has 0 unspecified atom stereocenters. The third-order valence-electron chi connectivity index (χ3n) is 3.43. The fourth-order valence-electron chi connectivity index (χ4n) is 2.03. The van der Waals surface area contributed by atoms with Crippen molar-refractivity contribution in [3.8, 4) is 11.3 Å². The zero-order valence-corrected chi connectivity index (χ0v) is 15.4. The molecule has 2 aromatic rings. The zero-order chi connectivity index (χ0) is 17.7. The number of methoxy groups -OCH3 is 1. The average molecular weight is 351 g/mol. The van der Waals surface area contributed by atoms with Gasteiger partial charge in [-0.05, 0) is 18.2 Å². The van der Waals surface area contributed by atoms with E-state index in [0.29, 0.717) is 12.3 Å². The van der Waals surface area contributed by atoms with E-state index in [2.05, 4.69) is 29.7 Å². The van der Waals surface area contributed by atoms with Crippen molar-refractivity contribution >= 4 is 14.0 Å². The summed E-state index contributed by atoms with van der Waals surface area (Å²) in [6.07, 6.45) is 2.58. The summed E-state index contributed by atoms with van der Waals surface area (Å²) in [7, 11) is 0.0947. The topological polar surface area (TPSA) is 66.2 Å². The van der Waals surface area contributed by atoms with Crippen LogP contribution in [0.5, 0.6) is 0 Å². The number of pyridine rings is 1. The van der Waals surface area contributed by atoms with Gasteiger partial charge in [0.15, 0.2) is 5.82 Å². The summed E-state index contributed by atoms with van der Waals surface area (Å²) >= 11 is 0. The number of aromatic nitrogens is 3. The van der Waals surface area contributed by atoms with E-state index in [1.165, 1.54) is 30.1 Å². The van der Waals surface area contributed by atoms with Crippen LogP contribution in [0.2, 0.25) is 25.7 Å². The normalized spacial score (nSPS) is 11.5. The minimum Gasteiger partial charge on any atom is -0.464 e. The maximum Gasteiger partial charge on any atom is 0.356 e. The number of carbonyl (C=O) groups is 1. The molecule has 0 aliphatic heterocycles. The summed E-state index contributed by atoms with van der Waals surface area (Å²) in [6.45, 7) is 7.48. The van der Waals surface area contributed by atoms with E-state index >= 15 is 0 Å². The number of carbonyl (C=O) groups excluding carboxylic acids is 1. The minimum atomic E-state index is -1.20. The Kier molecular flexibility index (Phi) is 5.84. The molecular formula is C16H22FN3O3Si. The first-order valence-corrected chi connectivity index (χ1v) is 11.4. The standard InChI is InChI=1S/C16H22FN3O3Si/c1-22-16(21)15-9-14(12-5-6-18-10-13(12)17)19-20(15)11-23-7-8-24(2,3)4/h5-6,9-10H,7-8,11H2,1-4H3. The summed E-state index contributed by atoms with van der Waals surface area (Å²) in [5.41, 5.74) is 0.830. The molecule has 0 N–H and O–H groups in total. The van der Waals surface area contributed by atoms with Crippen molar-refractivity contribution in [2.75, 3.05) is 13.7 Å². The molecule has 0 saturated heterocycles. The number of nitrogens with zero attached hydrogens (tertiary/aromatic N) is 3. The molecule has 0 bridgehead atoms. The van der Waals surface area contributed by atoms with E-state index < -0.39 is 19.9 Å². The van der Waals surface area contributed by atoms with Crippen molar-refractivity contribution < 1.29 is 18.7 Å². The molecule has 0 spiro atoms. The highest BCUT2D eigenvalue weighted by atomic mass is 28.3. The van der Waals surface area contributed by atoms with Gasteiger partial charge in [0.1, 0.15) is 12.4 Å².